The topological polar surface area (TPSA) is 99.7 Å². The lowest BCUT2D eigenvalue weighted by molar-refractivity contribution is -0.128. The molecule has 3 aliphatic rings. The van der Waals surface area contributed by atoms with Crippen LogP contribution in [-0.4, -0.2) is 78.7 Å². The summed E-state index contributed by atoms with van der Waals surface area (Å²) in [5.41, 5.74) is 5.66. The number of piperazine rings is 1. The lowest BCUT2D eigenvalue weighted by Gasteiger charge is -2.43. The molecule has 0 saturated carbocycles. The first kappa shape index (κ1) is 30.4. The van der Waals surface area contributed by atoms with Crippen LogP contribution in [0.3, 0.4) is 0 Å². The zero-order valence-electron chi connectivity index (χ0n) is 26.3. The van der Waals surface area contributed by atoms with E-state index in [9.17, 15) is 15.3 Å². The van der Waals surface area contributed by atoms with Gasteiger partial charge in [-0.25, -0.2) is 4.98 Å². The molecule has 3 aromatic rings. The molecule has 2 fully saturated rings. The summed E-state index contributed by atoms with van der Waals surface area (Å²) in [5.74, 6) is 0.197. The van der Waals surface area contributed by atoms with Gasteiger partial charge in [0.1, 0.15) is 17.7 Å². The predicted molar refractivity (Wildman–Crippen MR) is 176 cm³/mol. The van der Waals surface area contributed by atoms with Gasteiger partial charge >= 0.3 is 0 Å². The molecule has 0 aliphatic carbocycles. The minimum atomic E-state index is -0.304. The van der Waals surface area contributed by atoms with E-state index in [0.717, 1.165) is 43.1 Å². The Morgan fingerprint density at radius 1 is 1.11 bits per heavy atom. The van der Waals surface area contributed by atoms with Crippen molar-refractivity contribution in [2.45, 2.75) is 58.2 Å². The second-order valence-corrected chi connectivity index (χ2v) is 12.4. The number of aryl methyl sites for hydroxylation is 1. The van der Waals surface area contributed by atoms with E-state index in [2.05, 4.69) is 76.7 Å². The van der Waals surface area contributed by atoms with Crippen LogP contribution in [0.1, 0.15) is 48.6 Å². The van der Waals surface area contributed by atoms with Gasteiger partial charge in [-0.1, -0.05) is 36.9 Å². The number of benzene rings is 2. The summed E-state index contributed by atoms with van der Waals surface area (Å²) in [5, 5.41) is 22.7. The molecule has 1 aromatic heterocycles. The van der Waals surface area contributed by atoms with Gasteiger partial charge in [0.05, 0.1) is 36.5 Å². The van der Waals surface area contributed by atoms with Crippen LogP contribution in [-0.2, 0) is 17.8 Å². The Morgan fingerprint density at radius 3 is 2.62 bits per heavy atom. The number of ether oxygens (including phenoxy) is 1. The number of amides is 1. The molecule has 3 aliphatic heterocycles. The average molecular weight is 604 g/mol. The Morgan fingerprint density at radius 2 is 1.89 bits per heavy atom. The molecule has 2 aromatic carbocycles. The van der Waals surface area contributed by atoms with Crippen molar-refractivity contribution in [2.24, 2.45) is 0 Å². The van der Waals surface area contributed by atoms with Crippen LogP contribution in [0.5, 0.6) is 5.88 Å². The summed E-state index contributed by atoms with van der Waals surface area (Å²) in [6, 6.07) is 17.3. The maximum absolute atomic E-state index is 12.6. The number of likely N-dealkylation sites (tertiary alicyclic amines) is 1. The van der Waals surface area contributed by atoms with Gasteiger partial charge < -0.3 is 19.4 Å². The fraction of sp³-hybridized carbons (Fsp3) is 0.444. The molecular formula is C36H41N7O2. The summed E-state index contributed by atoms with van der Waals surface area (Å²) in [6.07, 6.45) is 4.49. The molecule has 0 bridgehead atoms. The summed E-state index contributed by atoms with van der Waals surface area (Å²) in [4.78, 5) is 26.4. The van der Waals surface area contributed by atoms with E-state index in [1.807, 2.05) is 6.92 Å². The summed E-state index contributed by atoms with van der Waals surface area (Å²) in [6.45, 7) is 13.6. The second-order valence-electron chi connectivity index (χ2n) is 12.4. The zero-order chi connectivity index (χ0) is 31.5. The third kappa shape index (κ3) is 6.06. The van der Waals surface area contributed by atoms with Crippen molar-refractivity contribution in [3.63, 3.8) is 0 Å². The van der Waals surface area contributed by atoms with Crippen LogP contribution in [0.15, 0.2) is 49.1 Å². The van der Waals surface area contributed by atoms with Crippen molar-refractivity contribution in [1.82, 2.24) is 14.8 Å². The number of carbonyl (C=O) groups excluding carboxylic acids is 1. The lowest BCUT2D eigenvalue weighted by Crippen LogP contribution is -2.55. The van der Waals surface area contributed by atoms with Crippen LogP contribution in [0.2, 0.25) is 0 Å². The number of carbonyl (C=O) groups is 1. The van der Waals surface area contributed by atoms with Gasteiger partial charge in [-0.15, -0.1) is 0 Å². The van der Waals surface area contributed by atoms with Crippen molar-refractivity contribution in [3.05, 3.63) is 71.4 Å². The predicted octanol–water partition coefficient (Wildman–Crippen LogP) is 4.96. The fourth-order valence-corrected chi connectivity index (χ4v) is 7.35. The standard InChI is InChI=1S/C36H41N7O2/c1-4-33(44)43-20-19-42(23-28(43)13-15-37)35-29-14-18-41(32-12-8-11-27-10-7-9-25(2)34(27)32)24-31(29)39-36(30(35)21-38)45-26(3)22-40-16-5-6-17-40/h4,7-12,26,28H,1,5-6,13-14,16-20,22-24H2,2-3H3/t26-,28+/m1/s1. The molecule has 0 N–H and O–H groups in total. The van der Waals surface area contributed by atoms with E-state index >= 15 is 0 Å². The van der Waals surface area contributed by atoms with E-state index in [1.54, 1.807) is 4.90 Å². The van der Waals surface area contributed by atoms with E-state index in [0.29, 0.717) is 44.0 Å². The van der Waals surface area contributed by atoms with Gasteiger partial charge in [-0.05, 0) is 69.3 Å². The first-order valence-corrected chi connectivity index (χ1v) is 16.0. The number of pyridine rings is 1. The minimum absolute atomic E-state index is 0.137. The first-order chi connectivity index (χ1) is 21.9. The second kappa shape index (κ2) is 13.2. The molecular weight excluding hydrogens is 562 g/mol. The van der Waals surface area contributed by atoms with Crippen molar-refractivity contribution in [2.75, 3.05) is 55.6 Å². The quantitative estimate of drug-likeness (QED) is 0.333. The molecule has 4 heterocycles. The van der Waals surface area contributed by atoms with E-state index in [1.165, 1.54) is 40.9 Å². The molecule has 45 heavy (non-hydrogen) atoms. The van der Waals surface area contributed by atoms with Crippen LogP contribution < -0.4 is 14.5 Å². The third-order valence-electron chi connectivity index (χ3n) is 9.45. The van der Waals surface area contributed by atoms with Crippen molar-refractivity contribution in [3.8, 4) is 18.0 Å². The molecule has 9 nitrogen and oxygen atoms in total. The molecule has 232 valence electrons. The lowest BCUT2D eigenvalue weighted by atomic mass is 9.95. The molecule has 0 unspecified atom stereocenters. The Hall–Kier alpha value is -4.60. The maximum Gasteiger partial charge on any atom is 0.246 e. The number of anilines is 2. The van der Waals surface area contributed by atoms with E-state index < -0.39 is 0 Å². The highest BCUT2D eigenvalue weighted by molar-refractivity contribution is 5.97. The average Bonchev–Trinajstić information content (AvgIpc) is 3.56. The van der Waals surface area contributed by atoms with Crippen molar-refractivity contribution >= 4 is 28.1 Å². The number of hydrogen-bond donors (Lipinski definition) is 0. The summed E-state index contributed by atoms with van der Waals surface area (Å²) in [7, 11) is 0. The monoisotopic (exact) mass is 603 g/mol. The zero-order valence-corrected chi connectivity index (χ0v) is 26.3. The Labute approximate surface area is 265 Å². The maximum atomic E-state index is 12.6. The number of rotatable bonds is 8. The van der Waals surface area contributed by atoms with Crippen LogP contribution >= 0.6 is 0 Å². The highest BCUT2D eigenvalue weighted by atomic mass is 16.5. The SMILES string of the molecule is C=CC(=O)N1CCN(c2c(C#N)c(O[C@H](C)CN3CCCC3)nc3c2CCN(c2cccc4cccc(C)c24)C3)C[C@@H]1CC#N. The molecule has 2 atom stereocenters. The Bertz CT molecular complexity index is 1680. The van der Waals surface area contributed by atoms with Crippen LogP contribution in [0.4, 0.5) is 11.4 Å². The van der Waals surface area contributed by atoms with Gasteiger partial charge in [0.2, 0.25) is 11.8 Å². The number of hydrogen-bond acceptors (Lipinski definition) is 8. The molecule has 2 saturated heterocycles. The van der Waals surface area contributed by atoms with E-state index in [-0.39, 0.29) is 24.5 Å². The van der Waals surface area contributed by atoms with Crippen LogP contribution in [0.25, 0.3) is 10.8 Å². The van der Waals surface area contributed by atoms with Gasteiger partial charge in [0.15, 0.2) is 0 Å². The van der Waals surface area contributed by atoms with Crippen LogP contribution in [0, 0.1) is 29.6 Å². The van der Waals surface area contributed by atoms with Gasteiger partial charge in [0, 0.05) is 49.4 Å². The van der Waals surface area contributed by atoms with Gasteiger partial charge in [0.25, 0.3) is 0 Å². The number of aromatic nitrogens is 1. The number of nitriles is 2. The molecule has 6 rings (SSSR count). The first-order valence-electron chi connectivity index (χ1n) is 16.0. The van der Waals surface area contributed by atoms with Crippen molar-refractivity contribution < 1.29 is 9.53 Å². The fourth-order valence-electron chi connectivity index (χ4n) is 7.35. The third-order valence-corrected chi connectivity index (χ3v) is 9.45. The van der Waals surface area contributed by atoms with Crippen molar-refractivity contribution in [1.29, 1.82) is 10.5 Å². The Kier molecular flexibility index (Phi) is 8.91. The largest absolute Gasteiger partial charge is 0.472 e. The Balaban J connectivity index is 1.40. The van der Waals surface area contributed by atoms with Gasteiger partial charge in [-0.3, -0.25) is 9.69 Å². The highest BCUT2D eigenvalue weighted by Crippen LogP contribution is 2.40. The normalized spacial score (nSPS) is 19.1. The molecule has 9 heteroatoms. The highest BCUT2D eigenvalue weighted by Gasteiger charge is 2.35. The summed E-state index contributed by atoms with van der Waals surface area (Å²) >= 11 is 0. The number of fused-ring (bicyclic) bond motifs is 2. The van der Waals surface area contributed by atoms with Gasteiger partial charge in [-0.2, -0.15) is 10.5 Å². The molecule has 1 amide bonds. The molecule has 0 radical (unpaired) electrons. The number of nitrogens with zero attached hydrogens (tertiary/aromatic N) is 7. The van der Waals surface area contributed by atoms with E-state index in [4.69, 9.17) is 9.72 Å². The minimum Gasteiger partial charge on any atom is -0.472 e. The summed E-state index contributed by atoms with van der Waals surface area (Å²) < 4.78 is 6.53. The smallest absolute Gasteiger partial charge is 0.246 e. The molecule has 0 spiro atoms.